The van der Waals surface area contributed by atoms with Gasteiger partial charge in [-0.2, -0.15) is 0 Å². The van der Waals surface area contributed by atoms with Crippen LogP contribution in [-0.4, -0.2) is 20.4 Å². The Hall–Kier alpha value is -2.40. The second-order valence-corrected chi connectivity index (χ2v) is 6.98. The molecule has 0 spiro atoms. The molecular weight excluding hydrogens is 306 g/mol. The number of nitrogens with one attached hydrogen (secondary N) is 1. The van der Waals surface area contributed by atoms with Gasteiger partial charge in [0, 0.05) is 10.8 Å². The van der Waals surface area contributed by atoms with Gasteiger partial charge in [-0.25, -0.2) is 0 Å². The fourth-order valence-corrected chi connectivity index (χ4v) is 2.92. The van der Waals surface area contributed by atoms with Crippen molar-refractivity contribution in [1.29, 1.82) is 0 Å². The molecule has 0 saturated carbocycles. The van der Waals surface area contributed by atoms with Gasteiger partial charge in [0.1, 0.15) is 0 Å². The van der Waals surface area contributed by atoms with E-state index in [4.69, 9.17) is 0 Å². The van der Waals surface area contributed by atoms with Crippen molar-refractivity contribution in [2.45, 2.75) is 24.3 Å². The molecule has 1 heterocycles. The minimum absolute atomic E-state index is 0.212. The number of nitrogens with zero attached hydrogens (tertiary/aromatic N) is 2. The van der Waals surface area contributed by atoms with Gasteiger partial charge in [0.05, 0.1) is 0 Å². The number of aromatic amines is 1. The molecule has 2 aromatic carbocycles. The van der Waals surface area contributed by atoms with Crippen molar-refractivity contribution >= 4 is 11.8 Å². The molecular formula is C18H17N3OS. The summed E-state index contributed by atoms with van der Waals surface area (Å²) in [6.45, 7) is 4.09. The molecule has 1 aromatic heterocycles. The van der Waals surface area contributed by atoms with Gasteiger partial charge in [-0.1, -0.05) is 80.2 Å². The first-order valence-electron chi connectivity index (χ1n) is 7.43. The molecule has 0 aliphatic rings. The van der Waals surface area contributed by atoms with Crippen molar-refractivity contribution in [2.75, 3.05) is 0 Å². The van der Waals surface area contributed by atoms with Gasteiger partial charge in [-0.15, -0.1) is 10.2 Å². The van der Waals surface area contributed by atoms with Gasteiger partial charge in [0.2, 0.25) is 0 Å². The Morgan fingerprint density at radius 1 is 0.870 bits per heavy atom. The maximum Gasteiger partial charge on any atom is 0.278 e. The van der Waals surface area contributed by atoms with Crippen LogP contribution in [0, 0.1) is 0 Å². The summed E-state index contributed by atoms with van der Waals surface area (Å²) in [5.74, 6) is 0. The van der Waals surface area contributed by atoms with Crippen LogP contribution in [0.2, 0.25) is 0 Å². The van der Waals surface area contributed by atoms with Gasteiger partial charge in [-0.3, -0.25) is 9.78 Å². The van der Waals surface area contributed by atoms with E-state index in [-0.39, 0.29) is 5.56 Å². The van der Waals surface area contributed by atoms with Gasteiger partial charge in [0.15, 0.2) is 10.9 Å². The third-order valence-corrected chi connectivity index (χ3v) is 4.17. The Morgan fingerprint density at radius 3 is 2.09 bits per heavy atom. The van der Waals surface area contributed by atoms with Crippen molar-refractivity contribution in [2.24, 2.45) is 0 Å². The molecule has 0 atom stereocenters. The highest BCUT2D eigenvalue weighted by Gasteiger charge is 2.09. The number of hydrogen-bond acceptors (Lipinski definition) is 4. The molecule has 4 nitrogen and oxygen atoms in total. The van der Waals surface area contributed by atoms with Crippen molar-refractivity contribution < 1.29 is 0 Å². The lowest BCUT2D eigenvalue weighted by molar-refractivity contribution is 0.820. The van der Waals surface area contributed by atoms with Crippen molar-refractivity contribution in [1.82, 2.24) is 15.2 Å². The second kappa shape index (κ2) is 6.79. The van der Waals surface area contributed by atoms with Crippen LogP contribution in [0.25, 0.3) is 22.4 Å². The number of benzene rings is 2. The van der Waals surface area contributed by atoms with E-state index < -0.39 is 0 Å². The van der Waals surface area contributed by atoms with Gasteiger partial charge in [-0.05, 0) is 11.1 Å². The number of aromatic nitrogens is 3. The number of rotatable bonds is 4. The largest absolute Gasteiger partial charge is 0.298 e. The number of H-pyrrole nitrogens is 1. The Balaban J connectivity index is 1.89. The summed E-state index contributed by atoms with van der Waals surface area (Å²) in [5.41, 5.74) is 3.14. The van der Waals surface area contributed by atoms with Crippen LogP contribution in [0.4, 0.5) is 0 Å². The molecule has 1 N–H and O–H groups in total. The molecule has 5 heteroatoms. The third kappa shape index (κ3) is 3.68. The molecule has 23 heavy (non-hydrogen) atoms. The average molecular weight is 323 g/mol. The predicted molar refractivity (Wildman–Crippen MR) is 94.5 cm³/mol. The number of thioether (sulfide) groups is 1. The highest BCUT2D eigenvalue weighted by molar-refractivity contribution is 7.99. The Bertz CT molecular complexity index is 842. The Kier molecular flexibility index (Phi) is 4.57. The van der Waals surface area contributed by atoms with Gasteiger partial charge < -0.3 is 0 Å². The van der Waals surface area contributed by atoms with E-state index in [2.05, 4.69) is 27.3 Å². The van der Waals surface area contributed by atoms with E-state index in [1.54, 1.807) is 0 Å². The van der Waals surface area contributed by atoms with E-state index in [1.807, 2.05) is 56.3 Å². The Labute approximate surface area is 139 Å². The van der Waals surface area contributed by atoms with Crippen molar-refractivity contribution in [3.63, 3.8) is 0 Å². The van der Waals surface area contributed by atoms with Crippen LogP contribution in [-0.2, 0) is 0 Å². The molecule has 116 valence electrons. The monoisotopic (exact) mass is 323 g/mol. The minimum atomic E-state index is -0.212. The highest BCUT2D eigenvalue weighted by Crippen LogP contribution is 2.22. The molecule has 0 aliphatic heterocycles. The molecule has 0 unspecified atom stereocenters. The summed E-state index contributed by atoms with van der Waals surface area (Å²) < 4.78 is 0. The van der Waals surface area contributed by atoms with Crippen LogP contribution >= 0.6 is 11.8 Å². The Morgan fingerprint density at radius 2 is 1.48 bits per heavy atom. The molecule has 0 radical (unpaired) electrons. The fourth-order valence-electron chi connectivity index (χ4n) is 2.24. The maximum atomic E-state index is 12.2. The summed E-state index contributed by atoms with van der Waals surface area (Å²) in [6.07, 6.45) is 0. The molecule has 0 fully saturated rings. The summed E-state index contributed by atoms with van der Waals surface area (Å²) in [7, 11) is 0. The van der Waals surface area contributed by atoms with E-state index in [1.165, 1.54) is 11.8 Å². The lowest BCUT2D eigenvalue weighted by Crippen LogP contribution is -2.14. The van der Waals surface area contributed by atoms with E-state index in [9.17, 15) is 4.79 Å². The fraction of sp³-hybridized carbons (Fsp3) is 0.167. The van der Waals surface area contributed by atoms with Gasteiger partial charge in [0.25, 0.3) is 5.56 Å². The standard InChI is InChI=1S/C18H17N3OS/c1-12(2)23-18-19-17(22)16(20-21-18)15-10-8-14(9-11-15)13-6-4-3-5-7-13/h3-12H,1-2H3,(H,19,21,22). The first-order valence-corrected chi connectivity index (χ1v) is 8.31. The zero-order valence-corrected chi connectivity index (χ0v) is 13.8. The molecule has 3 aromatic rings. The molecule has 0 saturated heterocycles. The minimum Gasteiger partial charge on any atom is -0.298 e. The normalized spacial score (nSPS) is 10.9. The summed E-state index contributed by atoms with van der Waals surface area (Å²) in [4.78, 5) is 15.0. The van der Waals surface area contributed by atoms with Crippen molar-refractivity contribution in [3.05, 3.63) is 65.0 Å². The lowest BCUT2D eigenvalue weighted by Gasteiger charge is -2.05. The summed E-state index contributed by atoms with van der Waals surface area (Å²) in [6, 6.07) is 17.9. The smallest absolute Gasteiger partial charge is 0.278 e. The summed E-state index contributed by atoms with van der Waals surface area (Å²) >= 11 is 1.49. The molecule has 0 aliphatic carbocycles. The third-order valence-electron chi connectivity index (χ3n) is 3.29. The molecule has 0 amide bonds. The topological polar surface area (TPSA) is 58.6 Å². The zero-order valence-electron chi connectivity index (χ0n) is 13.0. The summed E-state index contributed by atoms with van der Waals surface area (Å²) in [5, 5.41) is 9.08. The zero-order chi connectivity index (χ0) is 16.2. The van der Waals surface area contributed by atoms with Gasteiger partial charge >= 0.3 is 0 Å². The SMILES string of the molecule is CC(C)Sc1nnc(-c2ccc(-c3ccccc3)cc2)c(=O)[nH]1. The first-order chi connectivity index (χ1) is 11.1. The second-order valence-electron chi connectivity index (χ2n) is 5.42. The quantitative estimate of drug-likeness (QED) is 0.737. The number of hydrogen-bond donors (Lipinski definition) is 1. The van der Waals surface area contributed by atoms with Crippen LogP contribution in [0.15, 0.2) is 64.5 Å². The average Bonchev–Trinajstić information content (AvgIpc) is 2.55. The predicted octanol–water partition coefficient (Wildman–Crippen LogP) is 4.00. The molecule has 0 bridgehead atoms. The highest BCUT2D eigenvalue weighted by atomic mass is 32.2. The lowest BCUT2D eigenvalue weighted by atomic mass is 10.0. The van der Waals surface area contributed by atoms with E-state index >= 15 is 0 Å². The van der Waals surface area contributed by atoms with Crippen LogP contribution in [0.3, 0.4) is 0 Å². The van der Waals surface area contributed by atoms with Crippen LogP contribution in [0.1, 0.15) is 13.8 Å². The van der Waals surface area contributed by atoms with E-state index in [0.29, 0.717) is 16.1 Å². The van der Waals surface area contributed by atoms with Crippen LogP contribution < -0.4 is 5.56 Å². The van der Waals surface area contributed by atoms with E-state index in [0.717, 1.165) is 16.7 Å². The van der Waals surface area contributed by atoms with Crippen molar-refractivity contribution in [3.8, 4) is 22.4 Å². The molecule has 3 rings (SSSR count). The first kappa shape index (κ1) is 15.5. The maximum absolute atomic E-state index is 12.2. The van der Waals surface area contributed by atoms with Crippen LogP contribution in [0.5, 0.6) is 0 Å².